The summed E-state index contributed by atoms with van der Waals surface area (Å²) in [5.74, 6) is 0.558. The zero-order valence-electron chi connectivity index (χ0n) is 11.7. The third-order valence-corrected chi connectivity index (χ3v) is 2.55. The van der Waals surface area contributed by atoms with E-state index in [4.69, 9.17) is 4.74 Å². The van der Waals surface area contributed by atoms with E-state index >= 15 is 0 Å². The van der Waals surface area contributed by atoms with Crippen LogP contribution in [0.1, 0.15) is 34.1 Å². The standard InChI is InChI=1S/C15H23NO2/c1-12(2)10-11-16(15(17)18-13(3)4)14-8-6-5-7-9-14/h5-9,12-13H,10-11H2,1-4H3. The first-order chi connectivity index (χ1) is 8.50. The van der Waals surface area contributed by atoms with Gasteiger partial charge in [-0.3, -0.25) is 4.90 Å². The minimum atomic E-state index is -0.267. The summed E-state index contributed by atoms with van der Waals surface area (Å²) in [4.78, 5) is 13.8. The van der Waals surface area contributed by atoms with E-state index in [1.54, 1.807) is 4.90 Å². The molecular formula is C15H23NO2. The van der Waals surface area contributed by atoms with Crippen LogP contribution in [0.2, 0.25) is 0 Å². The summed E-state index contributed by atoms with van der Waals surface area (Å²) in [6.45, 7) is 8.72. The number of nitrogens with zero attached hydrogens (tertiary/aromatic N) is 1. The summed E-state index contributed by atoms with van der Waals surface area (Å²) in [7, 11) is 0. The molecule has 0 saturated heterocycles. The van der Waals surface area contributed by atoms with E-state index in [1.165, 1.54) is 0 Å². The first-order valence-electron chi connectivity index (χ1n) is 6.54. The summed E-state index contributed by atoms with van der Waals surface area (Å²) in [6.07, 6.45) is 0.599. The Kier molecular flexibility index (Phi) is 5.69. The van der Waals surface area contributed by atoms with E-state index in [9.17, 15) is 4.79 Å². The van der Waals surface area contributed by atoms with Crippen molar-refractivity contribution < 1.29 is 9.53 Å². The second kappa shape index (κ2) is 7.04. The summed E-state index contributed by atoms with van der Waals surface area (Å²) in [6, 6.07) is 9.67. The number of amides is 1. The number of benzene rings is 1. The molecule has 0 bridgehead atoms. The van der Waals surface area contributed by atoms with Crippen molar-refractivity contribution in [1.82, 2.24) is 0 Å². The number of rotatable bonds is 5. The van der Waals surface area contributed by atoms with Gasteiger partial charge in [0.15, 0.2) is 0 Å². The van der Waals surface area contributed by atoms with Crippen LogP contribution in [0.3, 0.4) is 0 Å². The lowest BCUT2D eigenvalue weighted by Gasteiger charge is -2.24. The van der Waals surface area contributed by atoms with Crippen LogP contribution in [0.25, 0.3) is 0 Å². The SMILES string of the molecule is CC(C)CCN(C(=O)OC(C)C)c1ccccc1. The molecule has 0 spiro atoms. The van der Waals surface area contributed by atoms with Crippen molar-refractivity contribution in [3.63, 3.8) is 0 Å². The van der Waals surface area contributed by atoms with Crippen molar-refractivity contribution in [2.24, 2.45) is 5.92 Å². The van der Waals surface area contributed by atoms with Gasteiger partial charge in [0, 0.05) is 12.2 Å². The van der Waals surface area contributed by atoms with Gasteiger partial charge in [-0.25, -0.2) is 4.79 Å². The molecule has 18 heavy (non-hydrogen) atoms. The van der Waals surface area contributed by atoms with E-state index < -0.39 is 0 Å². The van der Waals surface area contributed by atoms with Crippen LogP contribution in [0.4, 0.5) is 10.5 Å². The van der Waals surface area contributed by atoms with Crippen molar-refractivity contribution >= 4 is 11.8 Å². The van der Waals surface area contributed by atoms with Gasteiger partial charge in [0.05, 0.1) is 6.10 Å². The predicted molar refractivity (Wildman–Crippen MR) is 74.9 cm³/mol. The molecule has 0 heterocycles. The van der Waals surface area contributed by atoms with Gasteiger partial charge < -0.3 is 4.74 Å². The number of hydrogen-bond acceptors (Lipinski definition) is 2. The second-order valence-electron chi connectivity index (χ2n) is 5.10. The van der Waals surface area contributed by atoms with Crippen molar-refractivity contribution in [1.29, 1.82) is 0 Å². The maximum atomic E-state index is 12.1. The highest BCUT2D eigenvalue weighted by molar-refractivity contribution is 5.87. The molecule has 0 aliphatic carbocycles. The summed E-state index contributed by atoms with van der Waals surface area (Å²) < 4.78 is 5.29. The van der Waals surface area contributed by atoms with Crippen LogP contribution in [0.15, 0.2) is 30.3 Å². The van der Waals surface area contributed by atoms with Crippen LogP contribution in [0.5, 0.6) is 0 Å². The van der Waals surface area contributed by atoms with Crippen LogP contribution in [-0.4, -0.2) is 18.7 Å². The van der Waals surface area contributed by atoms with Crippen LogP contribution in [0, 0.1) is 5.92 Å². The second-order valence-corrected chi connectivity index (χ2v) is 5.10. The summed E-state index contributed by atoms with van der Waals surface area (Å²) in [5.41, 5.74) is 0.892. The molecular weight excluding hydrogens is 226 g/mol. The molecule has 0 N–H and O–H groups in total. The Balaban J connectivity index is 2.78. The Hall–Kier alpha value is -1.51. The lowest BCUT2D eigenvalue weighted by atomic mass is 10.1. The number of carbonyl (C=O) groups is 1. The van der Waals surface area contributed by atoms with Gasteiger partial charge in [0.25, 0.3) is 0 Å². The highest BCUT2D eigenvalue weighted by Gasteiger charge is 2.18. The molecule has 0 aliphatic heterocycles. The highest BCUT2D eigenvalue weighted by atomic mass is 16.6. The largest absolute Gasteiger partial charge is 0.446 e. The van der Waals surface area contributed by atoms with Gasteiger partial charge in [-0.1, -0.05) is 32.0 Å². The molecule has 1 aromatic carbocycles. The number of hydrogen-bond donors (Lipinski definition) is 0. The fraction of sp³-hybridized carbons (Fsp3) is 0.533. The lowest BCUT2D eigenvalue weighted by Crippen LogP contribution is -2.34. The number of anilines is 1. The first-order valence-corrected chi connectivity index (χ1v) is 6.54. The fourth-order valence-corrected chi connectivity index (χ4v) is 1.59. The molecule has 0 saturated carbocycles. The first kappa shape index (κ1) is 14.6. The smallest absolute Gasteiger partial charge is 0.414 e. The Labute approximate surface area is 110 Å². The summed E-state index contributed by atoms with van der Waals surface area (Å²) >= 11 is 0. The molecule has 100 valence electrons. The number of carbonyl (C=O) groups excluding carboxylic acids is 1. The average molecular weight is 249 g/mol. The molecule has 0 radical (unpaired) electrons. The lowest BCUT2D eigenvalue weighted by molar-refractivity contribution is 0.122. The highest BCUT2D eigenvalue weighted by Crippen LogP contribution is 2.17. The van der Waals surface area contributed by atoms with Gasteiger partial charge in [0.2, 0.25) is 0 Å². The minimum absolute atomic E-state index is 0.0947. The maximum absolute atomic E-state index is 12.1. The zero-order chi connectivity index (χ0) is 13.5. The average Bonchev–Trinajstić information content (AvgIpc) is 2.29. The van der Waals surface area contributed by atoms with Gasteiger partial charge in [0.1, 0.15) is 0 Å². The van der Waals surface area contributed by atoms with Crippen LogP contribution < -0.4 is 4.90 Å². The van der Waals surface area contributed by atoms with Crippen LogP contribution >= 0.6 is 0 Å². The van der Waals surface area contributed by atoms with Crippen LogP contribution in [-0.2, 0) is 4.74 Å². The van der Waals surface area contributed by atoms with E-state index in [-0.39, 0.29) is 12.2 Å². The maximum Gasteiger partial charge on any atom is 0.414 e. The molecule has 1 rings (SSSR count). The molecule has 0 atom stereocenters. The number of ether oxygens (including phenoxy) is 1. The normalized spacial score (nSPS) is 10.8. The Morgan fingerprint density at radius 1 is 1.17 bits per heavy atom. The Morgan fingerprint density at radius 2 is 1.78 bits per heavy atom. The van der Waals surface area contributed by atoms with Crippen molar-refractivity contribution in [3.05, 3.63) is 30.3 Å². The Morgan fingerprint density at radius 3 is 2.28 bits per heavy atom. The van der Waals surface area contributed by atoms with Gasteiger partial charge in [-0.15, -0.1) is 0 Å². The Bertz CT molecular complexity index is 360. The van der Waals surface area contributed by atoms with Crippen molar-refractivity contribution in [3.8, 4) is 0 Å². The molecule has 0 fully saturated rings. The monoisotopic (exact) mass is 249 g/mol. The number of para-hydroxylation sites is 1. The van der Waals surface area contributed by atoms with E-state index in [2.05, 4.69) is 13.8 Å². The van der Waals surface area contributed by atoms with Crippen molar-refractivity contribution in [2.75, 3.05) is 11.4 Å². The zero-order valence-corrected chi connectivity index (χ0v) is 11.7. The molecule has 0 unspecified atom stereocenters. The molecule has 3 nitrogen and oxygen atoms in total. The molecule has 3 heteroatoms. The molecule has 0 aliphatic rings. The quantitative estimate of drug-likeness (QED) is 0.786. The van der Waals surface area contributed by atoms with Crippen molar-refractivity contribution in [2.45, 2.75) is 40.2 Å². The third kappa shape index (κ3) is 4.78. The van der Waals surface area contributed by atoms with Gasteiger partial charge >= 0.3 is 6.09 Å². The molecule has 1 amide bonds. The van der Waals surface area contributed by atoms with E-state index in [0.29, 0.717) is 12.5 Å². The minimum Gasteiger partial charge on any atom is -0.446 e. The van der Waals surface area contributed by atoms with E-state index in [0.717, 1.165) is 12.1 Å². The molecule has 1 aromatic rings. The summed E-state index contributed by atoms with van der Waals surface area (Å²) in [5, 5.41) is 0. The topological polar surface area (TPSA) is 29.5 Å². The third-order valence-electron chi connectivity index (χ3n) is 2.55. The fourth-order valence-electron chi connectivity index (χ4n) is 1.59. The van der Waals surface area contributed by atoms with E-state index in [1.807, 2.05) is 44.2 Å². The predicted octanol–water partition coefficient (Wildman–Crippen LogP) is 4.08. The van der Waals surface area contributed by atoms with Gasteiger partial charge in [-0.05, 0) is 38.3 Å². The molecule has 0 aromatic heterocycles. The van der Waals surface area contributed by atoms with Gasteiger partial charge in [-0.2, -0.15) is 0 Å².